The minimum absolute atomic E-state index is 0.0269. The first-order valence-corrected chi connectivity index (χ1v) is 12.4. The number of primary amides is 2. The van der Waals surface area contributed by atoms with Gasteiger partial charge in [0.15, 0.2) is 0 Å². The lowest BCUT2D eigenvalue weighted by molar-refractivity contribution is 0.0910. The predicted octanol–water partition coefficient (Wildman–Crippen LogP) is 2.32. The second kappa shape index (κ2) is 9.13. The molecule has 0 saturated carbocycles. The zero-order chi connectivity index (χ0) is 30.0. The molecule has 0 aromatic heterocycles. The van der Waals surface area contributed by atoms with Gasteiger partial charge in [-0.15, -0.1) is 0 Å². The molecule has 42 heavy (non-hydrogen) atoms. The normalized spacial score (nSPS) is 13.9. The summed E-state index contributed by atoms with van der Waals surface area (Å²) in [7, 11) is 0. The van der Waals surface area contributed by atoms with Gasteiger partial charge in [-0.1, -0.05) is 12.1 Å². The minimum atomic E-state index is -0.804. The summed E-state index contributed by atoms with van der Waals surface area (Å²) in [6.07, 6.45) is 0. The molecule has 0 aliphatic carbocycles. The summed E-state index contributed by atoms with van der Waals surface area (Å²) in [5.41, 5.74) is 24.3. The quantitative estimate of drug-likeness (QED) is 0.209. The molecule has 6 rings (SSSR count). The van der Waals surface area contributed by atoms with E-state index in [9.17, 15) is 28.8 Å². The van der Waals surface area contributed by atoms with E-state index in [-0.39, 0.29) is 56.1 Å². The van der Waals surface area contributed by atoms with E-state index in [2.05, 4.69) is 0 Å². The summed E-state index contributed by atoms with van der Waals surface area (Å²) in [5, 5.41) is 0. The molecular formula is C30H20N6O6. The van der Waals surface area contributed by atoms with Crippen molar-refractivity contribution in [2.75, 3.05) is 21.3 Å². The molecule has 0 radical (unpaired) electrons. The highest BCUT2D eigenvalue weighted by molar-refractivity contribution is 6.36. The Kier molecular flexibility index (Phi) is 5.64. The summed E-state index contributed by atoms with van der Waals surface area (Å²) in [4.78, 5) is 78.3. The molecule has 4 aromatic carbocycles. The van der Waals surface area contributed by atoms with E-state index in [1.807, 2.05) is 0 Å². The lowest BCUT2D eigenvalue weighted by Crippen LogP contribution is -2.29. The van der Waals surface area contributed by atoms with Crippen molar-refractivity contribution in [2.45, 2.75) is 0 Å². The Bertz CT molecular complexity index is 1830. The fraction of sp³-hybridized carbons (Fsp3) is 0. The van der Waals surface area contributed by atoms with Crippen LogP contribution in [0.4, 0.5) is 22.7 Å². The number of benzene rings is 4. The molecule has 12 nitrogen and oxygen atoms in total. The van der Waals surface area contributed by atoms with Crippen molar-refractivity contribution in [3.63, 3.8) is 0 Å². The van der Waals surface area contributed by atoms with Gasteiger partial charge in [-0.25, -0.2) is 9.80 Å². The molecule has 2 aliphatic heterocycles. The lowest BCUT2D eigenvalue weighted by Gasteiger charge is -2.15. The number of imide groups is 2. The van der Waals surface area contributed by atoms with E-state index < -0.39 is 35.4 Å². The van der Waals surface area contributed by atoms with Gasteiger partial charge in [0, 0.05) is 11.4 Å². The van der Waals surface area contributed by atoms with Crippen molar-refractivity contribution in [2.24, 2.45) is 11.5 Å². The van der Waals surface area contributed by atoms with Gasteiger partial charge >= 0.3 is 0 Å². The number of hydrogen-bond donors (Lipinski definition) is 4. The molecule has 0 unspecified atom stereocenters. The molecule has 12 heteroatoms. The number of nitrogens with two attached hydrogens (primary N) is 4. The summed E-state index contributed by atoms with van der Waals surface area (Å²) in [5.74, 6) is -4.03. The molecule has 0 spiro atoms. The van der Waals surface area contributed by atoms with Gasteiger partial charge in [-0.3, -0.25) is 28.8 Å². The highest BCUT2D eigenvalue weighted by atomic mass is 16.2. The van der Waals surface area contributed by atoms with E-state index in [0.717, 1.165) is 9.80 Å². The first-order chi connectivity index (χ1) is 20.0. The van der Waals surface area contributed by atoms with E-state index >= 15 is 0 Å². The van der Waals surface area contributed by atoms with Crippen molar-refractivity contribution < 1.29 is 28.8 Å². The average molecular weight is 561 g/mol. The minimum Gasteiger partial charge on any atom is -0.398 e. The van der Waals surface area contributed by atoms with Gasteiger partial charge < -0.3 is 22.9 Å². The van der Waals surface area contributed by atoms with Crippen LogP contribution < -0.4 is 32.7 Å². The number of nitrogen functional groups attached to an aromatic ring is 2. The summed E-state index contributed by atoms with van der Waals surface area (Å²) >= 11 is 0. The molecule has 2 heterocycles. The van der Waals surface area contributed by atoms with Crippen LogP contribution in [0, 0.1) is 0 Å². The highest BCUT2D eigenvalue weighted by Gasteiger charge is 2.39. The first-order valence-electron chi connectivity index (χ1n) is 12.4. The Morgan fingerprint density at radius 3 is 1.19 bits per heavy atom. The molecule has 2 aliphatic rings. The summed E-state index contributed by atoms with van der Waals surface area (Å²) in [6.45, 7) is 0. The van der Waals surface area contributed by atoms with Crippen LogP contribution in [0.3, 0.4) is 0 Å². The SMILES string of the molecule is NC(=O)c1cc(N2C(=O)c3ccc(-c4ccc5c(c4)C(=O)N(c4ccc(N)c(C(N)=O)c4)C5=O)cc3C2=O)ccc1N. The Morgan fingerprint density at radius 2 is 0.833 bits per heavy atom. The molecule has 0 fully saturated rings. The number of anilines is 4. The van der Waals surface area contributed by atoms with E-state index in [1.165, 1.54) is 60.7 Å². The first kappa shape index (κ1) is 26.0. The number of carbonyl (C=O) groups is 6. The molecule has 206 valence electrons. The van der Waals surface area contributed by atoms with Crippen LogP contribution in [-0.2, 0) is 0 Å². The number of amides is 6. The zero-order valence-corrected chi connectivity index (χ0v) is 21.6. The average Bonchev–Trinajstić information content (AvgIpc) is 3.36. The molecule has 0 saturated heterocycles. The monoisotopic (exact) mass is 560 g/mol. The van der Waals surface area contributed by atoms with E-state index in [0.29, 0.717) is 11.1 Å². The number of rotatable bonds is 5. The maximum Gasteiger partial charge on any atom is 0.266 e. The highest BCUT2D eigenvalue weighted by Crippen LogP contribution is 2.36. The molecule has 0 atom stereocenters. The topological polar surface area (TPSA) is 213 Å². The second-order valence-electron chi connectivity index (χ2n) is 9.68. The Hall–Kier alpha value is -6.30. The lowest BCUT2D eigenvalue weighted by atomic mass is 9.97. The van der Waals surface area contributed by atoms with Crippen LogP contribution in [0.5, 0.6) is 0 Å². The van der Waals surface area contributed by atoms with Crippen molar-refractivity contribution in [3.05, 3.63) is 106 Å². The van der Waals surface area contributed by atoms with E-state index in [1.54, 1.807) is 12.1 Å². The van der Waals surface area contributed by atoms with Crippen LogP contribution in [0.15, 0.2) is 72.8 Å². The standard InChI is InChI=1S/C30H20N6O6/c31-23-7-3-15(11-21(23)25(33)37)35-27(39)17-5-1-13(9-19(17)29(35)41)14-2-6-18-20(10-14)30(42)36(28(18)40)16-4-8-24(32)22(12-16)26(34)38/h1-12H,31-32H2,(H2,33,37)(H2,34,38). The van der Waals surface area contributed by atoms with Crippen molar-refractivity contribution in [1.29, 1.82) is 0 Å². The molecule has 8 N–H and O–H groups in total. The van der Waals surface area contributed by atoms with Crippen LogP contribution >= 0.6 is 0 Å². The van der Waals surface area contributed by atoms with Crippen LogP contribution in [0.2, 0.25) is 0 Å². The van der Waals surface area contributed by atoms with Crippen LogP contribution in [0.25, 0.3) is 11.1 Å². The number of carbonyl (C=O) groups excluding carboxylic acids is 6. The van der Waals surface area contributed by atoms with Gasteiger partial charge in [0.05, 0.1) is 44.8 Å². The largest absolute Gasteiger partial charge is 0.398 e. The fourth-order valence-electron chi connectivity index (χ4n) is 5.10. The second-order valence-corrected chi connectivity index (χ2v) is 9.68. The fourth-order valence-corrected chi connectivity index (χ4v) is 5.10. The van der Waals surface area contributed by atoms with Gasteiger partial charge in [0.25, 0.3) is 35.4 Å². The van der Waals surface area contributed by atoms with E-state index in [4.69, 9.17) is 22.9 Å². The zero-order valence-electron chi connectivity index (χ0n) is 21.6. The molecule has 6 amide bonds. The molecule has 4 aromatic rings. The third-order valence-corrected chi connectivity index (χ3v) is 7.23. The van der Waals surface area contributed by atoms with Gasteiger partial charge in [0.1, 0.15) is 0 Å². The Labute approximate surface area is 237 Å². The van der Waals surface area contributed by atoms with Crippen LogP contribution in [0.1, 0.15) is 62.1 Å². The summed E-state index contributed by atoms with van der Waals surface area (Å²) in [6, 6.07) is 17.4. The molecular weight excluding hydrogens is 540 g/mol. The maximum atomic E-state index is 13.3. The molecule has 0 bridgehead atoms. The predicted molar refractivity (Wildman–Crippen MR) is 153 cm³/mol. The number of hydrogen-bond acceptors (Lipinski definition) is 8. The smallest absolute Gasteiger partial charge is 0.266 e. The Balaban J connectivity index is 1.34. The number of nitrogens with zero attached hydrogens (tertiary/aromatic N) is 2. The van der Waals surface area contributed by atoms with Gasteiger partial charge in [-0.2, -0.15) is 0 Å². The van der Waals surface area contributed by atoms with Crippen molar-refractivity contribution in [1.82, 2.24) is 0 Å². The summed E-state index contributed by atoms with van der Waals surface area (Å²) < 4.78 is 0. The Morgan fingerprint density at radius 1 is 0.476 bits per heavy atom. The third kappa shape index (κ3) is 3.78. The maximum absolute atomic E-state index is 13.3. The van der Waals surface area contributed by atoms with Crippen molar-refractivity contribution >= 4 is 58.2 Å². The number of fused-ring (bicyclic) bond motifs is 2. The van der Waals surface area contributed by atoms with Gasteiger partial charge in [-0.05, 0) is 71.8 Å². The third-order valence-electron chi connectivity index (χ3n) is 7.23. The van der Waals surface area contributed by atoms with Crippen LogP contribution in [-0.4, -0.2) is 35.4 Å². The van der Waals surface area contributed by atoms with Gasteiger partial charge in [0.2, 0.25) is 0 Å². The van der Waals surface area contributed by atoms with Crippen molar-refractivity contribution in [3.8, 4) is 11.1 Å².